The van der Waals surface area contributed by atoms with Gasteiger partial charge in [0.1, 0.15) is 12.3 Å². The van der Waals surface area contributed by atoms with E-state index in [-0.39, 0.29) is 4.90 Å². The maximum Gasteiger partial charge on any atom is 0.322 e. The molecule has 9 heteroatoms. The van der Waals surface area contributed by atoms with Crippen molar-refractivity contribution in [2.75, 3.05) is 26.0 Å². The van der Waals surface area contributed by atoms with Crippen LogP contribution < -0.4 is 10.1 Å². The van der Waals surface area contributed by atoms with Gasteiger partial charge in [0.25, 0.3) is 5.91 Å². The Morgan fingerprint density at radius 1 is 0.943 bits per heavy atom. The number of methoxy groups -OCH3 is 1. The van der Waals surface area contributed by atoms with E-state index < -0.39 is 34.5 Å². The lowest BCUT2D eigenvalue weighted by atomic mass is 10.1. The van der Waals surface area contributed by atoms with Gasteiger partial charge in [-0.3, -0.25) is 9.59 Å². The number of aryl methyl sites for hydroxylation is 2. The van der Waals surface area contributed by atoms with E-state index in [1.54, 1.807) is 54.6 Å². The van der Waals surface area contributed by atoms with Crippen LogP contribution in [0, 0.1) is 13.8 Å². The molecule has 0 radical (unpaired) electrons. The second-order valence-corrected chi connectivity index (χ2v) is 10.1. The molecule has 8 nitrogen and oxygen atoms in total. The zero-order chi connectivity index (χ0) is 25.6. The number of ether oxygens (including phenoxy) is 2. The van der Waals surface area contributed by atoms with Crippen LogP contribution in [-0.2, 0) is 24.3 Å². The highest BCUT2D eigenvalue weighted by atomic mass is 32.2. The minimum atomic E-state index is -3.92. The third-order valence-corrected chi connectivity index (χ3v) is 7.10. The highest BCUT2D eigenvalue weighted by Crippen LogP contribution is 2.28. The predicted octanol–water partition coefficient (Wildman–Crippen LogP) is 3.86. The maximum atomic E-state index is 13.2. The summed E-state index contributed by atoms with van der Waals surface area (Å²) in [5, 5.41) is 2.75. The van der Waals surface area contributed by atoms with Crippen LogP contribution in [0.4, 0.5) is 5.69 Å². The van der Waals surface area contributed by atoms with Gasteiger partial charge in [0.15, 0.2) is 0 Å². The molecule has 1 amide bonds. The smallest absolute Gasteiger partial charge is 0.322 e. The number of hydrogen-bond donors (Lipinski definition) is 1. The molecule has 0 fully saturated rings. The first-order valence-electron chi connectivity index (χ1n) is 10.8. The molecule has 184 valence electrons. The van der Waals surface area contributed by atoms with Gasteiger partial charge < -0.3 is 14.8 Å². The summed E-state index contributed by atoms with van der Waals surface area (Å²) in [5.41, 5.74) is 2.67. The number of likely N-dealkylation sites (N-methyl/N-ethyl adjacent to an activating group) is 1. The van der Waals surface area contributed by atoms with Gasteiger partial charge >= 0.3 is 5.97 Å². The normalized spacial score (nSPS) is 12.1. The number of carbonyl (C=O) groups is 2. The Bertz CT molecular complexity index is 1290. The number of hydrogen-bond acceptors (Lipinski definition) is 6. The number of sulfonamides is 1. The highest BCUT2D eigenvalue weighted by molar-refractivity contribution is 7.89. The molecule has 3 aromatic carbocycles. The molecular formula is C26H28N2O6S. The molecule has 0 bridgehead atoms. The van der Waals surface area contributed by atoms with Crippen LogP contribution in [0.2, 0.25) is 0 Å². The van der Waals surface area contributed by atoms with E-state index in [1.165, 1.54) is 26.3 Å². The number of carbonyl (C=O) groups excluding carboxylic acids is 2. The Balaban J connectivity index is 1.79. The van der Waals surface area contributed by atoms with E-state index >= 15 is 0 Å². The summed E-state index contributed by atoms with van der Waals surface area (Å²) in [6.07, 6.45) is -1.30. The lowest BCUT2D eigenvalue weighted by molar-refractivity contribution is -0.154. The third-order valence-electron chi connectivity index (χ3n) is 5.28. The van der Waals surface area contributed by atoms with Gasteiger partial charge in [-0.15, -0.1) is 0 Å². The highest BCUT2D eigenvalue weighted by Gasteiger charge is 2.29. The minimum Gasteiger partial charge on any atom is -0.495 e. The minimum absolute atomic E-state index is 0.0577. The molecule has 0 unspecified atom stereocenters. The summed E-state index contributed by atoms with van der Waals surface area (Å²) < 4.78 is 37.4. The van der Waals surface area contributed by atoms with E-state index in [0.29, 0.717) is 17.0 Å². The average molecular weight is 497 g/mol. The van der Waals surface area contributed by atoms with Gasteiger partial charge in [-0.1, -0.05) is 54.1 Å². The SMILES string of the molecule is COc1ccc(C)cc1NC(=O)[C@@H](OC(=O)CN(C)S(=O)(=O)c1ccc(C)cc1)c1ccccc1. The van der Waals surface area contributed by atoms with Crippen LogP contribution in [-0.4, -0.2) is 45.3 Å². The summed E-state index contributed by atoms with van der Waals surface area (Å²) in [6, 6.07) is 20.1. The first-order valence-corrected chi connectivity index (χ1v) is 12.3. The van der Waals surface area contributed by atoms with Crippen molar-refractivity contribution in [3.05, 3.63) is 89.5 Å². The summed E-state index contributed by atoms with van der Waals surface area (Å²) in [5.74, 6) is -1.02. The first-order chi connectivity index (χ1) is 16.6. The Labute approximate surface area is 205 Å². The van der Waals surface area contributed by atoms with Crippen LogP contribution in [0.3, 0.4) is 0 Å². The monoisotopic (exact) mass is 496 g/mol. The van der Waals surface area contributed by atoms with Crippen LogP contribution in [0.1, 0.15) is 22.8 Å². The second kappa shape index (κ2) is 11.2. The van der Waals surface area contributed by atoms with Crippen molar-refractivity contribution in [3.8, 4) is 5.75 Å². The first kappa shape index (κ1) is 25.9. The zero-order valence-electron chi connectivity index (χ0n) is 20.0. The quantitative estimate of drug-likeness (QED) is 0.452. The van der Waals surface area contributed by atoms with Crippen molar-refractivity contribution >= 4 is 27.6 Å². The molecule has 0 aliphatic carbocycles. The lowest BCUT2D eigenvalue weighted by Crippen LogP contribution is -2.35. The molecule has 0 aliphatic rings. The summed E-state index contributed by atoms with van der Waals surface area (Å²) in [7, 11) is -1.15. The number of nitrogens with one attached hydrogen (secondary N) is 1. The third kappa shape index (κ3) is 6.46. The Morgan fingerprint density at radius 3 is 2.20 bits per heavy atom. The van der Waals surface area contributed by atoms with Gasteiger partial charge in [-0.25, -0.2) is 8.42 Å². The topological polar surface area (TPSA) is 102 Å². The summed E-state index contributed by atoms with van der Waals surface area (Å²) in [6.45, 7) is 3.15. The van der Waals surface area contributed by atoms with Crippen molar-refractivity contribution in [1.82, 2.24) is 4.31 Å². The number of anilines is 1. The number of amides is 1. The number of esters is 1. The van der Waals surface area contributed by atoms with Gasteiger partial charge in [-0.2, -0.15) is 4.31 Å². The van der Waals surface area contributed by atoms with E-state index in [1.807, 2.05) is 19.9 Å². The number of nitrogens with zero attached hydrogens (tertiary/aromatic N) is 1. The van der Waals surface area contributed by atoms with E-state index in [0.717, 1.165) is 15.4 Å². The average Bonchev–Trinajstić information content (AvgIpc) is 2.83. The molecule has 0 spiro atoms. The zero-order valence-corrected chi connectivity index (χ0v) is 20.8. The van der Waals surface area contributed by atoms with Gasteiger partial charge in [0.2, 0.25) is 16.1 Å². The fraction of sp³-hybridized carbons (Fsp3) is 0.231. The van der Waals surface area contributed by atoms with Crippen molar-refractivity contribution in [3.63, 3.8) is 0 Å². The lowest BCUT2D eigenvalue weighted by Gasteiger charge is -2.21. The van der Waals surface area contributed by atoms with E-state index in [9.17, 15) is 18.0 Å². The van der Waals surface area contributed by atoms with Gasteiger partial charge in [-0.05, 0) is 43.7 Å². The molecule has 0 saturated carbocycles. The van der Waals surface area contributed by atoms with Crippen LogP contribution in [0.5, 0.6) is 5.75 Å². The van der Waals surface area contributed by atoms with Crippen LogP contribution in [0.25, 0.3) is 0 Å². The van der Waals surface area contributed by atoms with E-state index in [2.05, 4.69) is 5.32 Å². The fourth-order valence-corrected chi connectivity index (χ4v) is 4.46. The molecule has 35 heavy (non-hydrogen) atoms. The summed E-state index contributed by atoms with van der Waals surface area (Å²) >= 11 is 0. The van der Waals surface area contributed by atoms with E-state index in [4.69, 9.17) is 9.47 Å². The molecule has 3 rings (SSSR count). The molecule has 0 saturated heterocycles. The Morgan fingerprint density at radius 2 is 1.57 bits per heavy atom. The number of benzene rings is 3. The van der Waals surface area contributed by atoms with Crippen LogP contribution in [0.15, 0.2) is 77.7 Å². The van der Waals surface area contributed by atoms with Crippen molar-refractivity contribution in [1.29, 1.82) is 0 Å². The molecule has 0 aliphatic heterocycles. The fourth-order valence-electron chi connectivity index (χ4n) is 3.34. The Kier molecular flexibility index (Phi) is 8.26. The van der Waals surface area contributed by atoms with Crippen molar-refractivity contribution < 1.29 is 27.5 Å². The molecular weight excluding hydrogens is 468 g/mol. The molecule has 0 aromatic heterocycles. The van der Waals surface area contributed by atoms with Crippen LogP contribution >= 0.6 is 0 Å². The number of rotatable bonds is 9. The van der Waals surface area contributed by atoms with Gasteiger partial charge in [0, 0.05) is 12.6 Å². The largest absolute Gasteiger partial charge is 0.495 e. The second-order valence-electron chi connectivity index (χ2n) is 8.05. The molecule has 0 heterocycles. The Hall–Kier alpha value is -3.69. The maximum absolute atomic E-state index is 13.2. The summed E-state index contributed by atoms with van der Waals surface area (Å²) in [4.78, 5) is 26.0. The van der Waals surface area contributed by atoms with Crippen molar-refractivity contribution in [2.24, 2.45) is 0 Å². The van der Waals surface area contributed by atoms with Crippen molar-refractivity contribution in [2.45, 2.75) is 24.8 Å². The molecule has 1 atom stereocenters. The molecule has 1 N–H and O–H groups in total. The van der Waals surface area contributed by atoms with Gasteiger partial charge in [0.05, 0.1) is 17.7 Å². The standard InChI is InChI=1S/C26H28N2O6S/c1-18-10-13-21(14-11-18)35(31,32)28(3)17-24(29)34-25(20-8-6-5-7-9-20)26(30)27-22-16-19(2)12-15-23(22)33-4/h5-16,25H,17H2,1-4H3,(H,27,30)/t25-/m0/s1. The predicted molar refractivity (Wildman–Crippen MR) is 133 cm³/mol. The molecule has 3 aromatic rings.